The summed E-state index contributed by atoms with van der Waals surface area (Å²) < 4.78 is 7.05. The number of pyridine rings is 1. The number of carbonyl (C=O) groups is 2. The normalized spacial score (nSPS) is 16.5. The minimum atomic E-state index is -0.368. The van der Waals surface area contributed by atoms with Gasteiger partial charge in [-0.1, -0.05) is 19.9 Å². The number of anilines is 2. The zero-order chi connectivity index (χ0) is 30.1. The molecule has 0 spiro atoms. The molecule has 5 rings (SSSR count). The van der Waals surface area contributed by atoms with Crippen molar-refractivity contribution in [1.29, 1.82) is 0 Å². The molecule has 2 N–H and O–H groups in total. The molecule has 8 nitrogen and oxygen atoms in total. The Morgan fingerprint density at radius 1 is 1.00 bits per heavy atom. The Hall–Kier alpha value is -4.50. The van der Waals surface area contributed by atoms with Gasteiger partial charge in [0.2, 0.25) is 5.91 Å². The van der Waals surface area contributed by atoms with Gasteiger partial charge < -0.3 is 24.8 Å². The average molecular weight is 582 g/mol. The Morgan fingerprint density at radius 3 is 2.33 bits per heavy atom. The van der Waals surface area contributed by atoms with Crippen LogP contribution in [-0.2, 0) is 9.53 Å². The number of ether oxygens (including phenoxy) is 1. The van der Waals surface area contributed by atoms with E-state index in [9.17, 15) is 9.59 Å². The van der Waals surface area contributed by atoms with Crippen LogP contribution in [0.1, 0.15) is 64.5 Å². The second kappa shape index (κ2) is 11.8. The lowest BCUT2D eigenvalue weighted by Gasteiger charge is -2.29. The van der Waals surface area contributed by atoms with E-state index in [4.69, 9.17) is 17.0 Å². The molecule has 2 aromatic carbocycles. The first-order valence-corrected chi connectivity index (χ1v) is 14.3. The van der Waals surface area contributed by atoms with Gasteiger partial charge in [-0.25, -0.2) is 4.79 Å². The fourth-order valence-corrected chi connectivity index (χ4v) is 5.86. The number of nitrogens with zero attached hydrogens (tertiary/aromatic N) is 3. The minimum Gasteiger partial charge on any atom is -0.465 e. The van der Waals surface area contributed by atoms with Crippen LogP contribution in [0.3, 0.4) is 0 Å². The number of rotatable bonds is 7. The highest BCUT2D eigenvalue weighted by Gasteiger charge is 2.42. The third kappa shape index (κ3) is 5.39. The molecule has 1 aliphatic rings. The third-order valence-electron chi connectivity index (χ3n) is 7.70. The van der Waals surface area contributed by atoms with Crippen molar-refractivity contribution in [2.24, 2.45) is 5.92 Å². The number of hydrogen-bond acceptors (Lipinski definition) is 5. The first-order valence-electron chi connectivity index (χ1n) is 13.9. The number of hydrogen-bond donors (Lipinski definition) is 2. The summed E-state index contributed by atoms with van der Waals surface area (Å²) in [5.74, 6) is -0.508. The highest BCUT2D eigenvalue weighted by atomic mass is 32.1. The molecule has 2 aromatic heterocycles. The van der Waals surface area contributed by atoms with Gasteiger partial charge >= 0.3 is 5.97 Å². The topological polar surface area (TPSA) is 88.5 Å². The predicted molar refractivity (Wildman–Crippen MR) is 169 cm³/mol. The highest BCUT2D eigenvalue weighted by Crippen LogP contribution is 2.44. The zero-order valence-corrected chi connectivity index (χ0v) is 25.5. The van der Waals surface area contributed by atoms with E-state index in [0.29, 0.717) is 10.7 Å². The SMILES string of the molecule is COC(=O)c1ccc(-n2c(C)cc(C3C(c4ccccn4)NC(=S)N3c3ccc(NC(=O)C(C)C)c(C)c3)c2C)cc1. The molecule has 1 amide bonds. The van der Waals surface area contributed by atoms with Crippen molar-refractivity contribution in [3.05, 3.63) is 107 Å². The van der Waals surface area contributed by atoms with Crippen molar-refractivity contribution in [2.75, 3.05) is 17.3 Å². The second-order valence-electron chi connectivity index (χ2n) is 10.8. The summed E-state index contributed by atoms with van der Waals surface area (Å²) in [4.78, 5) is 31.2. The van der Waals surface area contributed by atoms with Gasteiger partial charge in [-0.3, -0.25) is 9.78 Å². The molecule has 0 saturated carbocycles. The molecule has 2 atom stereocenters. The van der Waals surface area contributed by atoms with Crippen molar-refractivity contribution in [3.8, 4) is 5.69 Å². The summed E-state index contributed by atoms with van der Waals surface area (Å²) in [6.45, 7) is 9.91. The Bertz CT molecular complexity index is 1650. The van der Waals surface area contributed by atoms with Gasteiger partial charge in [0.1, 0.15) is 0 Å². The number of esters is 1. The van der Waals surface area contributed by atoms with E-state index < -0.39 is 0 Å². The number of aromatic nitrogens is 2. The second-order valence-corrected chi connectivity index (χ2v) is 11.2. The Labute approximate surface area is 251 Å². The fraction of sp³-hybridized carbons (Fsp3) is 0.273. The number of nitrogens with one attached hydrogen (secondary N) is 2. The van der Waals surface area contributed by atoms with Crippen LogP contribution < -0.4 is 15.5 Å². The van der Waals surface area contributed by atoms with E-state index in [1.165, 1.54) is 7.11 Å². The van der Waals surface area contributed by atoms with Gasteiger partial charge in [-0.05, 0) is 105 Å². The van der Waals surface area contributed by atoms with Gasteiger partial charge in [-0.15, -0.1) is 0 Å². The van der Waals surface area contributed by atoms with Crippen LogP contribution in [0.15, 0.2) is 72.9 Å². The largest absolute Gasteiger partial charge is 0.465 e. The molecular formula is C33H35N5O3S. The molecule has 3 heterocycles. The van der Waals surface area contributed by atoms with Gasteiger partial charge in [0, 0.05) is 40.6 Å². The molecule has 1 aliphatic heterocycles. The molecule has 2 unspecified atom stereocenters. The van der Waals surface area contributed by atoms with Crippen molar-refractivity contribution in [1.82, 2.24) is 14.9 Å². The summed E-state index contributed by atoms with van der Waals surface area (Å²) in [6, 6.07) is 21.1. The van der Waals surface area contributed by atoms with E-state index in [1.54, 1.807) is 18.3 Å². The monoisotopic (exact) mass is 581 g/mol. The van der Waals surface area contributed by atoms with Gasteiger partial charge in [0.15, 0.2) is 5.11 Å². The van der Waals surface area contributed by atoms with E-state index >= 15 is 0 Å². The first kappa shape index (κ1) is 29.0. The van der Waals surface area contributed by atoms with Crippen LogP contribution in [0, 0.1) is 26.7 Å². The highest BCUT2D eigenvalue weighted by molar-refractivity contribution is 7.80. The fourth-order valence-electron chi connectivity index (χ4n) is 5.51. The van der Waals surface area contributed by atoms with Crippen molar-refractivity contribution < 1.29 is 14.3 Å². The molecule has 0 radical (unpaired) electrons. The molecule has 0 bridgehead atoms. The standard InChI is InChI=1S/C33H35N5O3S/c1-19(2)31(39)35-27-15-14-25(17-20(27)3)38-30(29(36-33(38)42)28-9-7-8-16-34-28)26-18-21(4)37(22(26)5)24-12-10-23(11-13-24)32(40)41-6/h7-19,29-30H,1-6H3,(H,35,39)(H,36,42). The molecule has 4 aromatic rings. The summed E-state index contributed by atoms with van der Waals surface area (Å²) in [5, 5.41) is 7.15. The van der Waals surface area contributed by atoms with Gasteiger partial charge in [0.05, 0.1) is 30.5 Å². The maximum Gasteiger partial charge on any atom is 0.337 e. The lowest BCUT2D eigenvalue weighted by atomic mass is 9.96. The molecule has 9 heteroatoms. The Balaban J connectivity index is 1.59. The third-order valence-corrected chi connectivity index (χ3v) is 8.02. The van der Waals surface area contributed by atoms with E-state index in [1.807, 2.05) is 63.2 Å². The minimum absolute atomic E-state index is 0.0237. The maximum atomic E-state index is 12.4. The summed E-state index contributed by atoms with van der Waals surface area (Å²) in [5.41, 5.74) is 8.18. The molecular weight excluding hydrogens is 546 g/mol. The molecule has 216 valence electrons. The maximum absolute atomic E-state index is 12.4. The first-order chi connectivity index (χ1) is 20.1. The van der Waals surface area contributed by atoms with E-state index in [-0.39, 0.29) is 29.9 Å². The zero-order valence-electron chi connectivity index (χ0n) is 24.6. The number of carbonyl (C=O) groups excluding carboxylic acids is 2. The Kier molecular flexibility index (Phi) is 8.13. The Morgan fingerprint density at radius 2 is 1.71 bits per heavy atom. The number of amides is 1. The smallest absolute Gasteiger partial charge is 0.337 e. The molecule has 1 saturated heterocycles. The number of methoxy groups -OCH3 is 1. The van der Waals surface area contributed by atoms with E-state index in [0.717, 1.165) is 45.3 Å². The number of aryl methyl sites for hydroxylation is 2. The summed E-state index contributed by atoms with van der Waals surface area (Å²) in [6.07, 6.45) is 1.79. The van der Waals surface area contributed by atoms with Crippen molar-refractivity contribution >= 4 is 40.6 Å². The molecule has 0 aliphatic carbocycles. The van der Waals surface area contributed by atoms with Crippen LogP contribution in [-0.4, -0.2) is 33.6 Å². The van der Waals surface area contributed by atoms with Crippen LogP contribution in [0.2, 0.25) is 0 Å². The van der Waals surface area contributed by atoms with Crippen LogP contribution in [0.4, 0.5) is 11.4 Å². The summed E-state index contributed by atoms with van der Waals surface area (Å²) >= 11 is 5.95. The van der Waals surface area contributed by atoms with Crippen molar-refractivity contribution in [3.63, 3.8) is 0 Å². The number of benzene rings is 2. The van der Waals surface area contributed by atoms with Gasteiger partial charge in [0.25, 0.3) is 0 Å². The molecule has 42 heavy (non-hydrogen) atoms. The average Bonchev–Trinajstić information content (AvgIpc) is 3.48. The van der Waals surface area contributed by atoms with Crippen LogP contribution in [0.5, 0.6) is 0 Å². The predicted octanol–water partition coefficient (Wildman–Crippen LogP) is 6.36. The van der Waals surface area contributed by atoms with Crippen LogP contribution >= 0.6 is 12.2 Å². The lowest BCUT2D eigenvalue weighted by molar-refractivity contribution is -0.118. The van der Waals surface area contributed by atoms with Gasteiger partial charge in [-0.2, -0.15) is 0 Å². The molecule has 1 fully saturated rings. The quantitative estimate of drug-likeness (QED) is 0.194. The van der Waals surface area contributed by atoms with Crippen LogP contribution in [0.25, 0.3) is 5.69 Å². The lowest BCUT2D eigenvalue weighted by Crippen LogP contribution is -2.29. The summed E-state index contributed by atoms with van der Waals surface area (Å²) in [7, 11) is 1.38. The number of thiocarbonyl (C=S) groups is 1. The van der Waals surface area contributed by atoms with Crippen molar-refractivity contribution in [2.45, 2.75) is 46.7 Å². The van der Waals surface area contributed by atoms with E-state index in [2.05, 4.69) is 51.1 Å².